The number of methoxy groups -OCH3 is 1. The SMILES string of the molecule is COCCOCCOc1ccsc1Br. The minimum atomic E-state index is 0.568. The second-order valence-electron chi connectivity index (χ2n) is 2.51. The zero-order valence-electron chi connectivity index (χ0n) is 7.99. The van der Waals surface area contributed by atoms with E-state index in [0.717, 1.165) is 9.54 Å². The van der Waals surface area contributed by atoms with E-state index in [0.29, 0.717) is 26.4 Å². The van der Waals surface area contributed by atoms with Gasteiger partial charge in [0.05, 0.1) is 19.8 Å². The van der Waals surface area contributed by atoms with Crippen LogP contribution >= 0.6 is 27.3 Å². The standard InChI is InChI=1S/C9H13BrO3S/c1-11-3-4-12-5-6-13-8-2-7-14-9(8)10/h2,7H,3-6H2,1H3. The average Bonchev–Trinajstić information content (AvgIpc) is 2.58. The minimum absolute atomic E-state index is 0.568. The molecule has 1 rings (SSSR count). The predicted molar refractivity (Wildman–Crippen MR) is 60.2 cm³/mol. The Hall–Kier alpha value is -0.100. The summed E-state index contributed by atoms with van der Waals surface area (Å²) in [6, 6.07) is 1.93. The first-order valence-electron chi connectivity index (χ1n) is 4.27. The van der Waals surface area contributed by atoms with Crippen LogP contribution in [0.5, 0.6) is 5.75 Å². The van der Waals surface area contributed by atoms with Gasteiger partial charge in [-0.1, -0.05) is 0 Å². The van der Waals surface area contributed by atoms with Crippen LogP contribution in [0.25, 0.3) is 0 Å². The van der Waals surface area contributed by atoms with Crippen molar-refractivity contribution in [2.45, 2.75) is 0 Å². The lowest BCUT2D eigenvalue weighted by atomic mass is 10.6. The van der Waals surface area contributed by atoms with Crippen molar-refractivity contribution in [2.24, 2.45) is 0 Å². The van der Waals surface area contributed by atoms with Crippen LogP contribution in [0.2, 0.25) is 0 Å². The molecule has 14 heavy (non-hydrogen) atoms. The van der Waals surface area contributed by atoms with Crippen LogP contribution in [0, 0.1) is 0 Å². The fourth-order valence-electron chi connectivity index (χ4n) is 0.839. The Balaban J connectivity index is 2.02. The molecule has 80 valence electrons. The summed E-state index contributed by atoms with van der Waals surface area (Å²) >= 11 is 5.00. The van der Waals surface area contributed by atoms with Crippen LogP contribution in [-0.2, 0) is 9.47 Å². The molecule has 1 aromatic heterocycles. The summed E-state index contributed by atoms with van der Waals surface area (Å²) in [4.78, 5) is 0. The normalized spacial score (nSPS) is 10.4. The van der Waals surface area contributed by atoms with Gasteiger partial charge in [-0.2, -0.15) is 0 Å². The molecular weight excluding hydrogens is 268 g/mol. The largest absolute Gasteiger partial charge is 0.489 e. The van der Waals surface area contributed by atoms with E-state index in [1.54, 1.807) is 18.4 Å². The van der Waals surface area contributed by atoms with E-state index in [1.165, 1.54) is 0 Å². The van der Waals surface area contributed by atoms with Crippen LogP contribution in [0.3, 0.4) is 0 Å². The van der Waals surface area contributed by atoms with Gasteiger partial charge >= 0.3 is 0 Å². The van der Waals surface area contributed by atoms with Crippen molar-refractivity contribution in [1.29, 1.82) is 0 Å². The first-order valence-corrected chi connectivity index (χ1v) is 5.94. The van der Waals surface area contributed by atoms with E-state index in [1.807, 2.05) is 11.4 Å². The third-order valence-corrected chi connectivity index (χ3v) is 3.13. The average molecular weight is 281 g/mol. The van der Waals surface area contributed by atoms with E-state index in [9.17, 15) is 0 Å². The van der Waals surface area contributed by atoms with E-state index in [4.69, 9.17) is 14.2 Å². The van der Waals surface area contributed by atoms with Crippen molar-refractivity contribution in [1.82, 2.24) is 0 Å². The fraction of sp³-hybridized carbons (Fsp3) is 0.556. The van der Waals surface area contributed by atoms with Gasteiger partial charge in [-0.25, -0.2) is 0 Å². The van der Waals surface area contributed by atoms with Gasteiger partial charge in [-0.05, 0) is 27.4 Å². The molecule has 1 heterocycles. The molecule has 0 saturated heterocycles. The maximum atomic E-state index is 5.45. The highest BCUT2D eigenvalue weighted by Crippen LogP contribution is 2.30. The van der Waals surface area contributed by atoms with Gasteiger partial charge in [0, 0.05) is 7.11 Å². The summed E-state index contributed by atoms with van der Waals surface area (Å²) in [5.41, 5.74) is 0. The van der Waals surface area contributed by atoms with Gasteiger partial charge in [0.25, 0.3) is 0 Å². The molecule has 0 aliphatic heterocycles. The van der Waals surface area contributed by atoms with Gasteiger partial charge < -0.3 is 14.2 Å². The van der Waals surface area contributed by atoms with Crippen LogP contribution < -0.4 is 4.74 Å². The second-order valence-corrected chi connectivity index (χ2v) is 4.75. The molecule has 1 aromatic rings. The molecule has 0 aliphatic rings. The number of hydrogen-bond donors (Lipinski definition) is 0. The van der Waals surface area contributed by atoms with E-state index in [2.05, 4.69) is 15.9 Å². The summed E-state index contributed by atoms with van der Waals surface area (Å²) in [5.74, 6) is 0.880. The van der Waals surface area contributed by atoms with Crippen LogP contribution in [-0.4, -0.2) is 33.5 Å². The van der Waals surface area contributed by atoms with Crippen molar-refractivity contribution < 1.29 is 14.2 Å². The Morgan fingerprint density at radius 2 is 2.07 bits per heavy atom. The predicted octanol–water partition coefficient (Wildman–Crippen LogP) is 2.55. The van der Waals surface area contributed by atoms with Crippen molar-refractivity contribution >= 4 is 27.3 Å². The molecule has 0 unspecified atom stereocenters. The Kier molecular flexibility index (Phi) is 6.18. The molecular formula is C9H13BrO3S. The van der Waals surface area contributed by atoms with Crippen LogP contribution in [0.1, 0.15) is 0 Å². The maximum absolute atomic E-state index is 5.45. The summed E-state index contributed by atoms with van der Waals surface area (Å²) in [6.07, 6.45) is 0. The van der Waals surface area contributed by atoms with Crippen LogP contribution in [0.4, 0.5) is 0 Å². The fourth-order valence-corrected chi connectivity index (χ4v) is 1.96. The van der Waals surface area contributed by atoms with E-state index >= 15 is 0 Å². The van der Waals surface area contributed by atoms with Crippen molar-refractivity contribution in [3.8, 4) is 5.75 Å². The highest BCUT2D eigenvalue weighted by Gasteiger charge is 2.00. The molecule has 0 bridgehead atoms. The van der Waals surface area contributed by atoms with Crippen molar-refractivity contribution in [3.05, 3.63) is 15.2 Å². The van der Waals surface area contributed by atoms with Crippen molar-refractivity contribution in [3.63, 3.8) is 0 Å². The van der Waals surface area contributed by atoms with Gasteiger partial charge in [-0.3, -0.25) is 0 Å². The monoisotopic (exact) mass is 280 g/mol. The zero-order valence-corrected chi connectivity index (χ0v) is 10.4. The molecule has 0 aromatic carbocycles. The quantitative estimate of drug-likeness (QED) is 0.719. The third kappa shape index (κ3) is 4.41. The summed E-state index contributed by atoms with van der Waals surface area (Å²) in [7, 11) is 1.66. The lowest BCUT2D eigenvalue weighted by Crippen LogP contribution is -2.09. The van der Waals surface area contributed by atoms with Gasteiger partial charge in [0.15, 0.2) is 0 Å². The summed E-state index contributed by atoms with van der Waals surface area (Å²) in [5, 5.41) is 1.98. The first-order chi connectivity index (χ1) is 6.84. The van der Waals surface area contributed by atoms with Gasteiger partial charge in [-0.15, -0.1) is 11.3 Å². The maximum Gasteiger partial charge on any atom is 0.144 e. The molecule has 0 radical (unpaired) electrons. The Morgan fingerprint density at radius 3 is 2.71 bits per heavy atom. The summed E-state index contributed by atoms with van der Waals surface area (Å²) in [6.45, 7) is 2.40. The van der Waals surface area contributed by atoms with Gasteiger partial charge in [0.2, 0.25) is 0 Å². The molecule has 5 heteroatoms. The third-order valence-electron chi connectivity index (χ3n) is 1.50. The Morgan fingerprint density at radius 1 is 1.29 bits per heavy atom. The summed E-state index contributed by atoms with van der Waals surface area (Å²) < 4.78 is 16.6. The minimum Gasteiger partial charge on any atom is -0.489 e. The molecule has 0 saturated carbocycles. The lowest BCUT2D eigenvalue weighted by Gasteiger charge is -2.05. The topological polar surface area (TPSA) is 27.7 Å². The Labute approximate surface area is 96.1 Å². The Bertz CT molecular complexity index is 252. The number of hydrogen-bond acceptors (Lipinski definition) is 4. The molecule has 3 nitrogen and oxygen atoms in total. The number of thiophene rings is 1. The van der Waals surface area contributed by atoms with Crippen molar-refractivity contribution in [2.75, 3.05) is 33.5 Å². The van der Waals surface area contributed by atoms with E-state index in [-0.39, 0.29) is 0 Å². The second kappa shape index (κ2) is 7.23. The number of rotatable bonds is 7. The molecule has 0 fully saturated rings. The highest BCUT2D eigenvalue weighted by molar-refractivity contribution is 9.11. The lowest BCUT2D eigenvalue weighted by molar-refractivity contribution is 0.0544. The molecule has 0 amide bonds. The highest BCUT2D eigenvalue weighted by atomic mass is 79.9. The zero-order chi connectivity index (χ0) is 10.2. The van der Waals surface area contributed by atoms with E-state index < -0.39 is 0 Å². The number of halogens is 1. The molecule has 0 spiro atoms. The smallest absolute Gasteiger partial charge is 0.144 e. The van der Waals surface area contributed by atoms with Crippen LogP contribution in [0.15, 0.2) is 15.2 Å². The molecule has 0 aliphatic carbocycles. The first kappa shape index (κ1) is 12.0. The number of ether oxygens (including phenoxy) is 3. The molecule has 0 N–H and O–H groups in total. The molecule has 0 atom stereocenters. The van der Waals surface area contributed by atoms with Gasteiger partial charge in [0.1, 0.15) is 16.1 Å².